The third-order valence-corrected chi connectivity index (χ3v) is 7.53. The van der Waals surface area contributed by atoms with E-state index in [-0.39, 0.29) is 15.1 Å². The molecule has 0 spiro atoms. The highest BCUT2D eigenvalue weighted by Gasteiger charge is 2.28. The average Bonchev–Trinajstić information content (AvgIpc) is 2.69. The summed E-state index contributed by atoms with van der Waals surface area (Å²) in [5.41, 5.74) is 0.416. The molecule has 0 aliphatic heterocycles. The Morgan fingerprint density at radius 3 is 2.74 bits per heavy atom. The first-order valence-electron chi connectivity index (χ1n) is 6.17. The van der Waals surface area contributed by atoms with E-state index in [2.05, 4.69) is 16.0 Å². The number of hydrogen-bond donors (Lipinski definition) is 2. The Balaban J connectivity index is 2.13. The first-order chi connectivity index (χ1) is 8.92. The fraction of sp³-hybridized carbons (Fsp3) is 0.727. The Hall–Kier alpha value is -0.310. The zero-order chi connectivity index (χ0) is 14.0. The van der Waals surface area contributed by atoms with Crippen LogP contribution in [0.3, 0.4) is 0 Å². The van der Waals surface area contributed by atoms with Gasteiger partial charge < -0.3 is 4.98 Å². The molecule has 1 aromatic rings. The van der Waals surface area contributed by atoms with Gasteiger partial charge in [0.2, 0.25) is 0 Å². The molecule has 108 valence electrons. The lowest BCUT2D eigenvalue weighted by Gasteiger charge is -2.28. The maximum atomic E-state index is 12.3. The van der Waals surface area contributed by atoms with Gasteiger partial charge in [0.25, 0.3) is 10.0 Å². The van der Waals surface area contributed by atoms with Crippen molar-refractivity contribution in [1.82, 2.24) is 9.71 Å². The van der Waals surface area contributed by atoms with Gasteiger partial charge >= 0.3 is 4.87 Å². The number of aromatic nitrogens is 1. The van der Waals surface area contributed by atoms with Gasteiger partial charge in [-0.25, -0.2) is 13.1 Å². The molecule has 1 aliphatic rings. The summed E-state index contributed by atoms with van der Waals surface area (Å²) < 4.78 is 27.4. The Kier molecular flexibility index (Phi) is 4.75. The van der Waals surface area contributed by atoms with Crippen LogP contribution < -0.4 is 9.60 Å². The molecule has 0 aromatic carbocycles. The van der Waals surface area contributed by atoms with Crippen molar-refractivity contribution >= 4 is 33.1 Å². The molecule has 2 atom stereocenters. The molecule has 0 bridgehead atoms. The molecule has 0 amide bonds. The fourth-order valence-electron chi connectivity index (χ4n) is 2.39. The molecular formula is C11H18N2O3S3. The van der Waals surface area contributed by atoms with Crippen LogP contribution in [0.15, 0.2) is 9.00 Å². The lowest BCUT2D eigenvalue weighted by molar-refractivity contribution is 0.421. The molecular weight excluding hydrogens is 304 g/mol. The predicted molar refractivity (Wildman–Crippen MR) is 79.6 cm³/mol. The van der Waals surface area contributed by atoms with E-state index in [1.54, 1.807) is 18.7 Å². The molecule has 2 unspecified atom stereocenters. The van der Waals surface area contributed by atoms with E-state index in [9.17, 15) is 13.2 Å². The summed E-state index contributed by atoms with van der Waals surface area (Å²) in [7, 11) is -3.57. The van der Waals surface area contributed by atoms with Gasteiger partial charge in [-0.2, -0.15) is 11.8 Å². The zero-order valence-electron chi connectivity index (χ0n) is 10.9. The largest absolute Gasteiger partial charge is 0.315 e. The third-order valence-electron chi connectivity index (χ3n) is 3.31. The number of nitrogens with one attached hydrogen (secondary N) is 2. The van der Waals surface area contributed by atoms with Crippen molar-refractivity contribution in [3.05, 3.63) is 15.4 Å². The second-order valence-corrected chi connectivity index (χ2v) is 8.80. The summed E-state index contributed by atoms with van der Waals surface area (Å²) in [4.78, 5) is 13.4. The van der Waals surface area contributed by atoms with Crippen molar-refractivity contribution in [3.8, 4) is 0 Å². The number of thioether (sulfide) groups is 1. The van der Waals surface area contributed by atoms with E-state index in [0.717, 1.165) is 37.0 Å². The van der Waals surface area contributed by atoms with E-state index in [4.69, 9.17) is 0 Å². The van der Waals surface area contributed by atoms with Crippen LogP contribution in [0.4, 0.5) is 0 Å². The molecule has 1 saturated carbocycles. The van der Waals surface area contributed by atoms with Crippen LogP contribution in [-0.2, 0) is 10.0 Å². The number of aromatic amines is 1. The topological polar surface area (TPSA) is 79.0 Å². The molecule has 1 fully saturated rings. The van der Waals surface area contributed by atoms with Crippen LogP contribution in [0.5, 0.6) is 0 Å². The molecule has 1 aromatic heterocycles. The summed E-state index contributed by atoms with van der Waals surface area (Å²) in [5, 5.41) is 0.521. The average molecular weight is 322 g/mol. The fourth-order valence-corrected chi connectivity index (χ4v) is 5.81. The smallest absolute Gasteiger partial charge is 0.305 e. The van der Waals surface area contributed by atoms with Gasteiger partial charge in [0.05, 0.1) is 0 Å². The number of hydrogen-bond acceptors (Lipinski definition) is 5. The van der Waals surface area contributed by atoms with Gasteiger partial charge in [0.15, 0.2) is 4.21 Å². The molecule has 1 heterocycles. The molecule has 0 saturated heterocycles. The first-order valence-corrected chi connectivity index (χ1v) is 9.76. The minimum atomic E-state index is -3.57. The van der Waals surface area contributed by atoms with Crippen LogP contribution >= 0.6 is 23.1 Å². The van der Waals surface area contributed by atoms with Crippen LogP contribution in [0, 0.1) is 6.92 Å². The maximum Gasteiger partial charge on any atom is 0.305 e. The number of rotatable bonds is 4. The number of sulfonamides is 1. The number of thiazole rings is 1. The summed E-state index contributed by atoms with van der Waals surface area (Å²) in [6, 6.07) is -0.0206. The van der Waals surface area contributed by atoms with Gasteiger partial charge in [0.1, 0.15) is 0 Å². The summed E-state index contributed by atoms with van der Waals surface area (Å²) in [6.45, 7) is 1.61. The van der Waals surface area contributed by atoms with Gasteiger partial charge in [-0.05, 0) is 32.4 Å². The van der Waals surface area contributed by atoms with Crippen LogP contribution in [0.1, 0.15) is 31.4 Å². The van der Waals surface area contributed by atoms with Crippen LogP contribution in [0.25, 0.3) is 0 Å². The van der Waals surface area contributed by atoms with E-state index < -0.39 is 10.0 Å². The molecule has 8 heteroatoms. The van der Waals surface area contributed by atoms with E-state index in [1.165, 1.54) is 0 Å². The minimum absolute atomic E-state index is 0.0206. The van der Waals surface area contributed by atoms with Crippen molar-refractivity contribution in [2.24, 2.45) is 0 Å². The second-order valence-electron chi connectivity index (χ2n) is 4.77. The lowest BCUT2D eigenvalue weighted by atomic mass is 9.96. The van der Waals surface area contributed by atoms with Crippen LogP contribution in [0.2, 0.25) is 0 Å². The summed E-state index contributed by atoms with van der Waals surface area (Å²) >= 11 is 2.54. The van der Waals surface area contributed by atoms with Crippen molar-refractivity contribution < 1.29 is 8.42 Å². The van der Waals surface area contributed by atoms with E-state index in [0.29, 0.717) is 10.9 Å². The predicted octanol–water partition coefficient (Wildman–Crippen LogP) is 1.70. The standard InChI is InChI=1S/C11H18N2O3S3/c1-7-10(18-11(14)12-7)19(15,16)13-8-4-3-5-9(6-8)17-2/h8-9,13H,3-6H2,1-2H3,(H,12,14). The molecule has 2 N–H and O–H groups in total. The molecule has 0 radical (unpaired) electrons. The van der Waals surface area contributed by atoms with Crippen molar-refractivity contribution in [2.75, 3.05) is 6.26 Å². The quantitative estimate of drug-likeness (QED) is 0.884. The molecule has 2 rings (SSSR count). The third kappa shape index (κ3) is 3.62. The second kappa shape index (κ2) is 5.99. The molecule has 19 heavy (non-hydrogen) atoms. The summed E-state index contributed by atoms with van der Waals surface area (Å²) in [6.07, 6.45) is 5.98. The molecule has 5 nitrogen and oxygen atoms in total. The van der Waals surface area contributed by atoms with Crippen LogP contribution in [-0.4, -0.2) is 30.9 Å². The van der Waals surface area contributed by atoms with Crippen molar-refractivity contribution in [3.63, 3.8) is 0 Å². The first kappa shape index (κ1) is 15.1. The van der Waals surface area contributed by atoms with Gasteiger partial charge in [-0.3, -0.25) is 4.79 Å². The van der Waals surface area contributed by atoms with E-state index >= 15 is 0 Å². The molecule has 1 aliphatic carbocycles. The highest BCUT2D eigenvalue weighted by molar-refractivity contribution is 7.99. The zero-order valence-corrected chi connectivity index (χ0v) is 13.4. The van der Waals surface area contributed by atoms with E-state index in [1.807, 2.05) is 0 Å². The Morgan fingerprint density at radius 2 is 2.16 bits per heavy atom. The Bertz CT molecular complexity index is 591. The highest BCUT2D eigenvalue weighted by Crippen LogP contribution is 2.28. The van der Waals surface area contributed by atoms with Gasteiger partial charge in [-0.1, -0.05) is 17.8 Å². The number of H-pyrrole nitrogens is 1. The Morgan fingerprint density at radius 1 is 1.42 bits per heavy atom. The van der Waals surface area contributed by atoms with Gasteiger partial charge in [0, 0.05) is 17.0 Å². The summed E-state index contributed by atoms with van der Waals surface area (Å²) in [5.74, 6) is 0. The Labute approximate surface area is 121 Å². The normalized spacial score (nSPS) is 24.5. The van der Waals surface area contributed by atoms with Crippen molar-refractivity contribution in [1.29, 1.82) is 0 Å². The highest BCUT2D eigenvalue weighted by atomic mass is 32.2. The van der Waals surface area contributed by atoms with Gasteiger partial charge in [-0.15, -0.1) is 0 Å². The number of aryl methyl sites for hydroxylation is 1. The SMILES string of the molecule is CSC1CCCC(NS(=O)(=O)c2sc(=O)[nH]c2C)C1. The minimum Gasteiger partial charge on any atom is -0.315 e. The maximum absolute atomic E-state index is 12.3. The van der Waals surface area contributed by atoms with Crippen molar-refractivity contribution in [2.45, 2.75) is 48.1 Å². The lowest BCUT2D eigenvalue weighted by Crippen LogP contribution is -2.39. The monoisotopic (exact) mass is 322 g/mol.